The summed E-state index contributed by atoms with van der Waals surface area (Å²) in [5.74, 6) is 0.464. The minimum atomic E-state index is 0.00527. The van der Waals surface area contributed by atoms with E-state index in [-0.39, 0.29) is 5.91 Å². The molecule has 19 heavy (non-hydrogen) atoms. The van der Waals surface area contributed by atoms with E-state index in [4.69, 9.17) is 18.0 Å². The van der Waals surface area contributed by atoms with Gasteiger partial charge in [0.1, 0.15) is 10.7 Å². The van der Waals surface area contributed by atoms with Gasteiger partial charge in [-0.15, -0.1) is 0 Å². The van der Waals surface area contributed by atoms with Crippen LogP contribution in [0.15, 0.2) is 18.3 Å². The Morgan fingerprint density at radius 1 is 1.53 bits per heavy atom. The smallest absolute Gasteiger partial charge is 0.272 e. The number of nitrogens with two attached hydrogens (primary N) is 1. The standard InChI is InChI=1S/C14H19N3OS/c1-9(2)8-17(11-4-5-11)14(18)12-6-3-10(7-16-12)13(15)19/h3,6-7,9,11H,4-5,8H2,1-2H3,(H2,15,19). The molecule has 1 aliphatic carbocycles. The Balaban J connectivity index is 2.14. The minimum absolute atomic E-state index is 0.00527. The molecule has 0 saturated heterocycles. The molecular formula is C14H19N3OS. The summed E-state index contributed by atoms with van der Waals surface area (Å²) in [6.07, 6.45) is 3.77. The summed E-state index contributed by atoms with van der Waals surface area (Å²) in [5.41, 5.74) is 6.67. The molecule has 0 aliphatic heterocycles. The molecule has 1 heterocycles. The van der Waals surface area contributed by atoms with E-state index >= 15 is 0 Å². The summed E-state index contributed by atoms with van der Waals surface area (Å²) < 4.78 is 0. The molecule has 1 aromatic rings. The maximum atomic E-state index is 12.4. The molecule has 1 saturated carbocycles. The zero-order valence-corrected chi connectivity index (χ0v) is 12.1. The zero-order chi connectivity index (χ0) is 14.0. The van der Waals surface area contributed by atoms with Gasteiger partial charge in [-0.1, -0.05) is 26.1 Å². The lowest BCUT2D eigenvalue weighted by atomic mass is 10.2. The van der Waals surface area contributed by atoms with Crippen molar-refractivity contribution in [2.24, 2.45) is 11.7 Å². The van der Waals surface area contributed by atoms with Gasteiger partial charge in [0, 0.05) is 24.3 Å². The van der Waals surface area contributed by atoms with Gasteiger partial charge in [-0.3, -0.25) is 9.78 Å². The SMILES string of the molecule is CC(C)CN(C(=O)c1ccc(C(N)=S)cn1)C1CC1. The second-order valence-corrected chi connectivity index (χ2v) is 5.82. The number of hydrogen-bond acceptors (Lipinski definition) is 3. The Morgan fingerprint density at radius 3 is 2.63 bits per heavy atom. The third kappa shape index (κ3) is 3.50. The molecule has 0 unspecified atom stereocenters. The number of pyridine rings is 1. The van der Waals surface area contributed by atoms with Crippen molar-refractivity contribution < 1.29 is 4.79 Å². The summed E-state index contributed by atoms with van der Waals surface area (Å²) in [7, 11) is 0. The number of amides is 1. The maximum Gasteiger partial charge on any atom is 0.272 e. The lowest BCUT2D eigenvalue weighted by Crippen LogP contribution is -2.36. The Labute approximate surface area is 119 Å². The quantitative estimate of drug-likeness (QED) is 0.836. The van der Waals surface area contributed by atoms with Crippen molar-refractivity contribution in [3.05, 3.63) is 29.6 Å². The van der Waals surface area contributed by atoms with E-state index in [9.17, 15) is 4.79 Å². The predicted molar refractivity (Wildman–Crippen MR) is 79.0 cm³/mol. The molecule has 2 rings (SSSR count). The van der Waals surface area contributed by atoms with Gasteiger partial charge in [0.05, 0.1) is 0 Å². The lowest BCUT2D eigenvalue weighted by Gasteiger charge is -2.24. The first-order chi connectivity index (χ1) is 8.99. The van der Waals surface area contributed by atoms with E-state index in [1.807, 2.05) is 4.90 Å². The van der Waals surface area contributed by atoms with Crippen molar-refractivity contribution in [3.8, 4) is 0 Å². The zero-order valence-electron chi connectivity index (χ0n) is 11.3. The second-order valence-electron chi connectivity index (χ2n) is 5.38. The molecule has 2 N–H and O–H groups in total. The summed E-state index contributed by atoms with van der Waals surface area (Å²) in [6.45, 7) is 5.01. The van der Waals surface area contributed by atoms with Gasteiger partial charge in [-0.2, -0.15) is 0 Å². The molecular weight excluding hydrogens is 258 g/mol. The fourth-order valence-electron chi connectivity index (χ4n) is 1.99. The molecule has 1 amide bonds. The van der Waals surface area contributed by atoms with E-state index < -0.39 is 0 Å². The number of rotatable bonds is 5. The van der Waals surface area contributed by atoms with Crippen molar-refractivity contribution in [3.63, 3.8) is 0 Å². The highest BCUT2D eigenvalue weighted by Crippen LogP contribution is 2.28. The van der Waals surface area contributed by atoms with E-state index in [2.05, 4.69) is 18.8 Å². The van der Waals surface area contributed by atoms with Gasteiger partial charge >= 0.3 is 0 Å². The summed E-state index contributed by atoms with van der Waals surface area (Å²) >= 11 is 4.87. The number of hydrogen-bond donors (Lipinski definition) is 1. The highest BCUT2D eigenvalue weighted by molar-refractivity contribution is 7.80. The van der Waals surface area contributed by atoms with Crippen LogP contribution in [0.1, 0.15) is 42.7 Å². The molecule has 4 nitrogen and oxygen atoms in total. The van der Waals surface area contributed by atoms with E-state index in [1.54, 1.807) is 18.3 Å². The first-order valence-electron chi connectivity index (χ1n) is 6.56. The highest BCUT2D eigenvalue weighted by atomic mass is 32.1. The third-order valence-electron chi connectivity index (χ3n) is 3.08. The van der Waals surface area contributed by atoms with Gasteiger partial charge in [0.25, 0.3) is 5.91 Å². The molecule has 1 aliphatic rings. The van der Waals surface area contributed by atoms with Crippen LogP contribution in [0, 0.1) is 5.92 Å². The van der Waals surface area contributed by atoms with Crippen LogP contribution >= 0.6 is 12.2 Å². The lowest BCUT2D eigenvalue weighted by molar-refractivity contribution is 0.0716. The van der Waals surface area contributed by atoms with Crippen LogP contribution in [0.2, 0.25) is 0 Å². The largest absolute Gasteiger partial charge is 0.389 e. The Hall–Kier alpha value is -1.49. The average Bonchev–Trinajstić information content (AvgIpc) is 3.19. The van der Waals surface area contributed by atoms with E-state index in [0.29, 0.717) is 28.2 Å². The number of carbonyl (C=O) groups is 1. The third-order valence-corrected chi connectivity index (χ3v) is 3.31. The molecule has 0 atom stereocenters. The topological polar surface area (TPSA) is 59.2 Å². The van der Waals surface area contributed by atoms with Gasteiger partial charge < -0.3 is 10.6 Å². The summed E-state index contributed by atoms with van der Waals surface area (Å²) in [5, 5.41) is 0. The minimum Gasteiger partial charge on any atom is -0.389 e. The molecule has 0 radical (unpaired) electrons. The van der Waals surface area contributed by atoms with Crippen LogP contribution in [0.4, 0.5) is 0 Å². The molecule has 5 heteroatoms. The average molecular weight is 277 g/mol. The van der Waals surface area contributed by atoms with Gasteiger partial charge in [0.2, 0.25) is 0 Å². The van der Waals surface area contributed by atoms with E-state index in [0.717, 1.165) is 19.4 Å². The van der Waals surface area contributed by atoms with Crippen molar-refractivity contribution in [1.82, 2.24) is 9.88 Å². The van der Waals surface area contributed by atoms with Crippen LogP contribution in [-0.2, 0) is 0 Å². The highest BCUT2D eigenvalue weighted by Gasteiger charge is 2.33. The van der Waals surface area contributed by atoms with Crippen molar-refractivity contribution in [2.75, 3.05) is 6.54 Å². The van der Waals surface area contributed by atoms with Crippen LogP contribution in [0.5, 0.6) is 0 Å². The number of aromatic nitrogens is 1. The normalized spacial score (nSPS) is 14.5. The first kappa shape index (κ1) is 13.9. The second kappa shape index (κ2) is 5.65. The Kier molecular flexibility index (Phi) is 4.14. The van der Waals surface area contributed by atoms with Gasteiger partial charge in [-0.25, -0.2) is 0 Å². The van der Waals surface area contributed by atoms with Crippen molar-refractivity contribution >= 4 is 23.1 Å². The molecule has 1 aromatic heterocycles. The first-order valence-corrected chi connectivity index (χ1v) is 6.96. The Bertz CT molecular complexity index is 480. The maximum absolute atomic E-state index is 12.4. The molecule has 0 aromatic carbocycles. The number of nitrogens with zero attached hydrogens (tertiary/aromatic N) is 2. The summed E-state index contributed by atoms with van der Waals surface area (Å²) in [6, 6.07) is 3.85. The van der Waals surface area contributed by atoms with Crippen LogP contribution in [-0.4, -0.2) is 33.4 Å². The Morgan fingerprint density at radius 2 is 2.21 bits per heavy atom. The molecule has 1 fully saturated rings. The molecule has 0 spiro atoms. The molecule has 0 bridgehead atoms. The molecule has 102 valence electrons. The predicted octanol–water partition coefficient (Wildman–Crippen LogP) is 1.98. The summed E-state index contributed by atoms with van der Waals surface area (Å²) in [4.78, 5) is 18.9. The van der Waals surface area contributed by atoms with Crippen molar-refractivity contribution in [1.29, 1.82) is 0 Å². The van der Waals surface area contributed by atoms with Gasteiger partial charge in [0.15, 0.2) is 0 Å². The fraction of sp³-hybridized carbons (Fsp3) is 0.500. The number of thiocarbonyl (C=S) groups is 1. The van der Waals surface area contributed by atoms with Crippen LogP contribution in [0.25, 0.3) is 0 Å². The van der Waals surface area contributed by atoms with Crippen LogP contribution in [0.3, 0.4) is 0 Å². The van der Waals surface area contributed by atoms with Gasteiger partial charge in [-0.05, 0) is 30.9 Å². The fourth-order valence-corrected chi connectivity index (χ4v) is 2.11. The monoisotopic (exact) mass is 277 g/mol. The number of carbonyl (C=O) groups excluding carboxylic acids is 1. The van der Waals surface area contributed by atoms with Crippen molar-refractivity contribution in [2.45, 2.75) is 32.7 Å². The van der Waals surface area contributed by atoms with E-state index in [1.165, 1.54) is 0 Å². The van der Waals surface area contributed by atoms with Crippen LogP contribution < -0.4 is 5.73 Å².